The van der Waals surface area contributed by atoms with E-state index in [1.54, 1.807) is 6.07 Å². The zero-order valence-electron chi connectivity index (χ0n) is 10.9. The fourth-order valence-corrected chi connectivity index (χ4v) is 4.44. The summed E-state index contributed by atoms with van der Waals surface area (Å²) in [6.45, 7) is 2.07. The third-order valence-electron chi connectivity index (χ3n) is 3.01. The molecule has 0 bridgehead atoms. The molecule has 0 aliphatic heterocycles. The van der Waals surface area contributed by atoms with Crippen LogP contribution in [0, 0.1) is 6.92 Å². The highest BCUT2D eigenvalue weighted by molar-refractivity contribution is 9.11. The summed E-state index contributed by atoms with van der Waals surface area (Å²) in [5.41, 5.74) is 2.32. The molecule has 0 aliphatic carbocycles. The summed E-state index contributed by atoms with van der Waals surface area (Å²) in [5.74, 6) is -0.194. The molecule has 2 aromatic heterocycles. The predicted molar refractivity (Wildman–Crippen MR) is 87.4 cm³/mol. The summed E-state index contributed by atoms with van der Waals surface area (Å²) in [6.07, 6.45) is 0. The van der Waals surface area contributed by atoms with Gasteiger partial charge in [-0.1, -0.05) is 23.5 Å². The van der Waals surface area contributed by atoms with Crippen LogP contribution >= 0.6 is 38.6 Å². The summed E-state index contributed by atoms with van der Waals surface area (Å²) in [7, 11) is 1.95. The monoisotopic (exact) mass is 366 g/mol. The largest absolute Gasteiger partial charge is 0.319 e. The van der Waals surface area contributed by atoms with Crippen LogP contribution in [0.4, 0.5) is 0 Å². The van der Waals surface area contributed by atoms with Gasteiger partial charge in [0, 0.05) is 7.05 Å². The molecule has 0 saturated carbocycles. The Hall–Kier alpha value is -1.24. The van der Waals surface area contributed by atoms with E-state index in [9.17, 15) is 4.79 Å². The number of carbonyl (C=O) groups is 1. The Labute approximate surface area is 132 Å². The van der Waals surface area contributed by atoms with E-state index in [1.165, 1.54) is 28.2 Å². The van der Waals surface area contributed by atoms with Crippen molar-refractivity contribution in [3.05, 3.63) is 49.4 Å². The van der Waals surface area contributed by atoms with Gasteiger partial charge in [0.25, 0.3) is 5.91 Å². The van der Waals surface area contributed by atoms with E-state index in [1.807, 2.05) is 23.7 Å². The zero-order valence-corrected chi connectivity index (χ0v) is 14.1. The van der Waals surface area contributed by atoms with Crippen molar-refractivity contribution in [1.29, 1.82) is 0 Å². The third kappa shape index (κ3) is 2.39. The van der Waals surface area contributed by atoms with E-state index in [2.05, 4.69) is 40.0 Å². The Morgan fingerprint density at radius 3 is 2.70 bits per heavy atom. The highest BCUT2D eigenvalue weighted by Gasteiger charge is 2.10. The molecular weight excluding hydrogens is 356 g/mol. The smallest absolute Gasteiger partial charge is 0.289 e. The van der Waals surface area contributed by atoms with E-state index >= 15 is 0 Å². The summed E-state index contributed by atoms with van der Waals surface area (Å²) in [4.78, 5) is 17.8. The van der Waals surface area contributed by atoms with Crippen molar-refractivity contribution in [3.8, 4) is 0 Å². The zero-order chi connectivity index (χ0) is 14.3. The van der Waals surface area contributed by atoms with Gasteiger partial charge in [0.15, 0.2) is 4.80 Å². The van der Waals surface area contributed by atoms with Crippen LogP contribution in [0.25, 0.3) is 10.2 Å². The average Bonchev–Trinajstić information content (AvgIpc) is 2.96. The topological polar surface area (TPSA) is 34.4 Å². The molecule has 1 aromatic carbocycles. The van der Waals surface area contributed by atoms with Crippen molar-refractivity contribution in [2.45, 2.75) is 6.92 Å². The first-order chi connectivity index (χ1) is 9.56. The number of thiazole rings is 1. The van der Waals surface area contributed by atoms with E-state index in [0.29, 0.717) is 4.88 Å². The first kappa shape index (κ1) is 13.7. The fourth-order valence-electron chi connectivity index (χ4n) is 2.08. The van der Waals surface area contributed by atoms with Crippen LogP contribution in [-0.2, 0) is 7.05 Å². The van der Waals surface area contributed by atoms with Crippen molar-refractivity contribution in [1.82, 2.24) is 4.57 Å². The number of rotatable bonds is 1. The highest BCUT2D eigenvalue weighted by Crippen LogP contribution is 2.23. The molecule has 0 fully saturated rings. The molecule has 3 nitrogen and oxygen atoms in total. The Morgan fingerprint density at radius 1 is 1.25 bits per heavy atom. The molecule has 0 N–H and O–H groups in total. The number of para-hydroxylation sites is 1. The summed E-state index contributed by atoms with van der Waals surface area (Å²) in [6, 6.07) is 9.80. The van der Waals surface area contributed by atoms with Crippen LogP contribution in [0.5, 0.6) is 0 Å². The molecular formula is C14H11BrN2OS2. The Morgan fingerprint density at radius 2 is 2.05 bits per heavy atom. The molecule has 3 aromatic rings. The van der Waals surface area contributed by atoms with E-state index in [4.69, 9.17) is 0 Å². The Kier molecular flexibility index (Phi) is 3.62. The number of carbonyl (C=O) groups excluding carboxylic acids is 1. The number of hydrogen-bond acceptors (Lipinski definition) is 3. The summed E-state index contributed by atoms with van der Waals surface area (Å²) < 4.78 is 4.06. The maximum absolute atomic E-state index is 12.2. The number of aryl methyl sites for hydroxylation is 2. The molecule has 0 radical (unpaired) electrons. The Bertz CT molecular complexity index is 873. The van der Waals surface area contributed by atoms with Gasteiger partial charge >= 0.3 is 0 Å². The van der Waals surface area contributed by atoms with E-state index in [0.717, 1.165) is 18.8 Å². The second-order valence-corrected chi connectivity index (χ2v) is 7.86. The summed E-state index contributed by atoms with van der Waals surface area (Å²) in [5, 5.41) is 0. The molecule has 0 unspecified atom stereocenters. The molecule has 0 aliphatic rings. The lowest BCUT2D eigenvalue weighted by Gasteiger charge is -1.98. The molecule has 2 heterocycles. The number of aromatic nitrogens is 1. The molecule has 6 heteroatoms. The molecule has 0 spiro atoms. The van der Waals surface area contributed by atoms with Gasteiger partial charge in [-0.15, -0.1) is 11.3 Å². The first-order valence-electron chi connectivity index (χ1n) is 5.96. The molecule has 3 rings (SSSR count). The van der Waals surface area contributed by atoms with Crippen molar-refractivity contribution in [2.24, 2.45) is 12.0 Å². The average molecular weight is 367 g/mol. The van der Waals surface area contributed by atoms with Crippen LogP contribution in [0.3, 0.4) is 0 Å². The second-order valence-electron chi connectivity index (χ2n) is 4.39. The van der Waals surface area contributed by atoms with Gasteiger partial charge in [0.2, 0.25) is 0 Å². The van der Waals surface area contributed by atoms with Crippen molar-refractivity contribution in [3.63, 3.8) is 0 Å². The first-order valence-corrected chi connectivity index (χ1v) is 8.38. The standard InChI is InChI=1S/C14H11BrN2OS2/c1-8-4-3-5-9-12(8)17(2)14(20-9)16-13(18)10-6-7-11(15)19-10/h3-7H,1-2H3. The van der Waals surface area contributed by atoms with Gasteiger partial charge in [-0.2, -0.15) is 4.99 Å². The minimum absolute atomic E-state index is 0.194. The fraction of sp³-hybridized carbons (Fsp3) is 0.143. The molecule has 0 atom stereocenters. The van der Waals surface area contributed by atoms with Gasteiger partial charge in [-0.3, -0.25) is 4.79 Å². The van der Waals surface area contributed by atoms with Gasteiger partial charge in [0.1, 0.15) is 0 Å². The third-order valence-corrected chi connectivity index (χ3v) is 5.71. The highest BCUT2D eigenvalue weighted by atomic mass is 79.9. The molecule has 1 amide bonds. The lowest BCUT2D eigenvalue weighted by molar-refractivity contribution is 0.100. The van der Waals surface area contributed by atoms with Crippen LogP contribution in [0.15, 0.2) is 39.1 Å². The number of hydrogen-bond donors (Lipinski definition) is 0. The van der Waals surface area contributed by atoms with Crippen molar-refractivity contribution in [2.75, 3.05) is 0 Å². The normalized spacial score (nSPS) is 12.2. The maximum Gasteiger partial charge on any atom is 0.289 e. The minimum Gasteiger partial charge on any atom is -0.319 e. The molecule has 0 saturated heterocycles. The van der Waals surface area contributed by atoms with Gasteiger partial charge in [0.05, 0.1) is 18.9 Å². The van der Waals surface area contributed by atoms with E-state index in [-0.39, 0.29) is 5.91 Å². The summed E-state index contributed by atoms with van der Waals surface area (Å²) >= 11 is 6.30. The number of thiophene rings is 1. The predicted octanol–water partition coefficient (Wildman–Crippen LogP) is 4.11. The van der Waals surface area contributed by atoms with Gasteiger partial charge in [-0.25, -0.2) is 0 Å². The number of benzene rings is 1. The van der Waals surface area contributed by atoms with Crippen molar-refractivity contribution < 1.29 is 4.79 Å². The molecule has 20 heavy (non-hydrogen) atoms. The van der Waals surface area contributed by atoms with Gasteiger partial charge in [-0.05, 0) is 46.6 Å². The Balaban J connectivity index is 2.15. The van der Waals surface area contributed by atoms with Crippen LogP contribution < -0.4 is 4.80 Å². The SMILES string of the molecule is Cc1cccc2sc(=NC(=O)c3ccc(Br)s3)n(C)c12. The second kappa shape index (κ2) is 5.27. The molecule has 102 valence electrons. The van der Waals surface area contributed by atoms with Crippen LogP contribution in [0.1, 0.15) is 15.2 Å². The van der Waals surface area contributed by atoms with E-state index < -0.39 is 0 Å². The van der Waals surface area contributed by atoms with Crippen LogP contribution in [0.2, 0.25) is 0 Å². The van der Waals surface area contributed by atoms with Crippen molar-refractivity contribution >= 4 is 54.7 Å². The lowest BCUT2D eigenvalue weighted by atomic mass is 10.2. The number of fused-ring (bicyclic) bond motifs is 1. The number of amides is 1. The van der Waals surface area contributed by atoms with Gasteiger partial charge < -0.3 is 4.57 Å². The minimum atomic E-state index is -0.194. The quantitative estimate of drug-likeness (QED) is 0.637. The van der Waals surface area contributed by atoms with Crippen LogP contribution in [-0.4, -0.2) is 10.5 Å². The number of halogens is 1. The number of nitrogens with zero attached hydrogens (tertiary/aromatic N) is 2. The maximum atomic E-state index is 12.2. The lowest BCUT2D eigenvalue weighted by Crippen LogP contribution is -2.13.